The van der Waals surface area contributed by atoms with Crippen molar-refractivity contribution in [2.24, 2.45) is 11.8 Å². The zero-order valence-electron chi connectivity index (χ0n) is 10.3. The van der Waals surface area contributed by atoms with Crippen LogP contribution in [0.5, 0.6) is 0 Å². The van der Waals surface area contributed by atoms with Gasteiger partial charge in [0.05, 0.1) is 10.6 Å². The van der Waals surface area contributed by atoms with Crippen molar-refractivity contribution in [2.75, 3.05) is 22.6 Å². The molecule has 2 atom stereocenters. The number of rotatable bonds is 4. The number of aryl methyl sites for hydroxylation is 1. The second kappa shape index (κ2) is 5.97. The number of sulfone groups is 1. The highest BCUT2D eigenvalue weighted by atomic mass is 79.9. The summed E-state index contributed by atoms with van der Waals surface area (Å²) < 4.78 is 24.7. The van der Waals surface area contributed by atoms with Crippen LogP contribution in [0.3, 0.4) is 0 Å². The Bertz CT molecular complexity index is 496. The molecule has 1 aliphatic heterocycles. The molecule has 1 saturated heterocycles. The Kier molecular flexibility index (Phi) is 4.78. The molecule has 0 amide bonds. The van der Waals surface area contributed by atoms with Crippen molar-refractivity contribution in [3.63, 3.8) is 0 Å². The first-order chi connectivity index (χ1) is 8.53. The van der Waals surface area contributed by atoms with E-state index in [1.165, 1.54) is 0 Å². The van der Waals surface area contributed by atoms with Crippen LogP contribution in [0.15, 0.2) is 29.2 Å². The van der Waals surface area contributed by atoms with E-state index in [1.807, 2.05) is 30.8 Å². The van der Waals surface area contributed by atoms with Crippen molar-refractivity contribution < 1.29 is 8.42 Å². The van der Waals surface area contributed by atoms with Gasteiger partial charge in [-0.3, -0.25) is 0 Å². The normalized spacial score (nSPS) is 24.3. The van der Waals surface area contributed by atoms with Crippen molar-refractivity contribution in [3.05, 3.63) is 29.8 Å². The van der Waals surface area contributed by atoms with Gasteiger partial charge in [0.15, 0.2) is 9.84 Å². The number of halogens is 1. The highest BCUT2D eigenvalue weighted by Gasteiger charge is 2.31. The third-order valence-electron chi connectivity index (χ3n) is 3.34. The van der Waals surface area contributed by atoms with Crippen LogP contribution in [0.2, 0.25) is 0 Å². The Balaban J connectivity index is 2.14. The second-order valence-corrected chi connectivity index (χ2v) is 8.56. The molecule has 1 aromatic carbocycles. The highest BCUT2D eigenvalue weighted by molar-refractivity contribution is 9.09. The molecule has 1 heterocycles. The molecule has 0 spiro atoms. The average molecular weight is 349 g/mol. The maximum atomic E-state index is 12.3. The number of benzene rings is 1. The van der Waals surface area contributed by atoms with Crippen molar-refractivity contribution in [1.82, 2.24) is 0 Å². The van der Waals surface area contributed by atoms with Crippen LogP contribution in [0.1, 0.15) is 5.56 Å². The lowest BCUT2D eigenvalue weighted by Gasteiger charge is -2.16. The standard InChI is InChI=1S/C13H17BrO2S2/c1-10-2-4-13(5-3-10)18(15,16)9-12-8-17-7-11(12)6-14/h2-5,11-12H,6-9H2,1H3. The van der Waals surface area contributed by atoms with Crippen LogP contribution in [0.25, 0.3) is 0 Å². The number of hydrogen-bond donors (Lipinski definition) is 0. The maximum Gasteiger partial charge on any atom is 0.178 e. The molecule has 0 aromatic heterocycles. The smallest absolute Gasteiger partial charge is 0.178 e. The third-order valence-corrected chi connectivity index (χ3v) is 7.36. The lowest BCUT2D eigenvalue weighted by atomic mass is 10.0. The fourth-order valence-corrected chi connectivity index (χ4v) is 6.55. The van der Waals surface area contributed by atoms with Gasteiger partial charge in [0.1, 0.15) is 0 Å². The summed E-state index contributed by atoms with van der Waals surface area (Å²) in [4.78, 5) is 0.457. The molecule has 1 aliphatic rings. The van der Waals surface area contributed by atoms with Gasteiger partial charge in [-0.2, -0.15) is 11.8 Å². The van der Waals surface area contributed by atoms with Crippen molar-refractivity contribution >= 4 is 37.5 Å². The van der Waals surface area contributed by atoms with Gasteiger partial charge in [-0.05, 0) is 42.4 Å². The van der Waals surface area contributed by atoms with Crippen LogP contribution < -0.4 is 0 Å². The molecule has 100 valence electrons. The fourth-order valence-electron chi connectivity index (χ4n) is 2.12. The maximum absolute atomic E-state index is 12.3. The minimum absolute atomic E-state index is 0.277. The van der Waals surface area contributed by atoms with Crippen LogP contribution in [0.4, 0.5) is 0 Å². The van der Waals surface area contributed by atoms with E-state index in [1.54, 1.807) is 12.1 Å². The summed E-state index contributed by atoms with van der Waals surface area (Å²) in [5, 5.41) is 0.897. The number of alkyl halides is 1. The Morgan fingerprint density at radius 1 is 1.22 bits per heavy atom. The molecule has 2 rings (SSSR count). The fraction of sp³-hybridized carbons (Fsp3) is 0.538. The summed E-state index contributed by atoms with van der Waals surface area (Å²) in [6.45, 7) is 1.96. The van der Waals surface area contributed by atoms with Crippen LogP contribution >= 0.6 is 27.7 Å². The molecule has 2 unspecified atom stereocenters. The highest BCUT2D eigenvalue weighted by Crippen LogP contribution is 2.33. The predicted molar refractivity (Wildman–Crippen MR) is 81.3 cm³/mol. The van der Waals surface area contributed by atoms with Gasteiger partial charge >= 0.3 is 0 Å². The van der Waals surface area contributed by atoms with Crippen LogP contribution in [-0.4, -0.2) is 31.0 Å². The first-order valence-electron chi connectivity index (χ1n) is 5.96. The van der Waals surface area contributed by atoms with Crippen molar-refractivity contribution in [2.45, 2.75) is 11.8 Å². The summed E-state index contributed by atoms with van der Waals surface area (Å²) in [5.74, 6) is 3.07. The van der Waals surface area contributed by atoms with E-state index in [4.69, 9.17) is 0 Å². The topological polar surface area (TPSA) is 34.1 Å². The van der Waals surface area contributed by atoms with Gasteiger partial charge in [0.2, 0.25) is 0 Å². The quantitative estimate of drug-likeness (QED) is 0.783. The monoisotopic (exact) mass is 348 g/mol. The average Bonchev–Trinajstić information content (AvgIpc) is 2.76. The van der Waals surface area contributed by atoms with Crippen LogP contribution in [0, 0.1) is 18.8 Å². The van der Waals surface area contributed by atoms with E-state index in [0.29, 0.717) is 10.8 Å². The van der Waals surface area contributed by atoms with Gasteiger partial charge in [-0.15, -0.1) is 0 Å². The van der Waals surface area contributed by atoms with Gasteiger partial charge in [-0.1, -0.05) is 33.6 Å². The third kappa shape index (κ3) is 3.31. The molecule has 0 aliphatic carbocycles. The minimum atomic E-state index is -3.14. The van der Waals surface area contributed by atoms with E-state index < -0.39 is 9.84 Å². The minimum Gasteiger partial charge on any atom is -0.224 e. The van der Waals surface area contributed by atoms with E-state index in [9.17, 15) is 8.42 Å². The molecule has 18 heavy (non-hydrogen) atoms. The van der Waals surface area contributed by atoms with Gasteiger partial charge < -0.3 is 0 Å². The zero-order valence-corrected chi connectivity index (χ0v) is 13.5. The largest absolute Gasteiger partial charge is 0.224 e. The van der Waals surface area contributed by atoms with E-state index in [-0.39, 0.29) is 11.7 Å². The number of thioether (sulfide) groups is 1. The first-order valence-corrected chi connectivity index (χ1v) is 9.89. The summed E-state index contributed by atoms with van der Waals surface area (Å²) >= 11 is 5.34. The molecule has 1 fully saturated rings. The summed E-state index contributed by atoms with van der Waals surface area (Å²) in [6.07, 6.45) is 0. The van der Waals surface area contributed by atoms with Gasteiger partial charge in [0, 0.05) is 5.33 Å². The Labute approximate surface area is 122 Å². The number of hydrogen-bond acceptors (Lipinski definition) is 3. The molecule has 0 N–H and O–H groups in total. The lowest BCUT2D eigenvalue weighted by Crippen LogP contribution is -2.23. The Morgan fingerprint density at radius 3 is 2.44 bits per heavy atom. The molecule has 0 radical (unpaired) electrons. The molecule has 0 bridgehead atoms. The molecule has 5 heteroatoms. The lowest BCUT2D eigenvalue weighted by molar-refractivity contribution is 0.494. The van der Waals surface area contributed by atoms with Gasteiger partial charge in [-0.25, -0.2) is 8.42 Å². The summed E-state index contributed by atoms with van der Waals surface area (Å²) in [5.41, 5.74) is 1.09. The first kappa shape index (κ1) is 14.4. The van der Waals surface area contributed by atoms with Crippen molar-refractivity contribution in [1.29, 1.82) is 0 Å². The zero-order chi connectivity index (χ0) is 13.2. The van der Waals surface area contributed by atoms with E-state index in [0.717, 1.165) is 22.4 Å². The predicted octanol–water partition coefficient (Wildman–Crippen LogP) is 3.14. The van der Waals surface area contributed by atoms with Gasteiger partial charge in [0.25, 0.3) is 0 Å². The van der Waals surface area contributed by atoms with E-state index >= 15 is 0 Å². The molecular weight excluding hydrogens is 332 g/mol. The van der Waals surface area contributed by atoms with Crippen LogP contribution in [-0.2, 0) is 9.84 Å². The molecule has 1 aromatic rings. The molecule has 0 saturated carbocycles. The Morgan fingerprint density at radius 2 is 1.83 bits per heavy atom. The SMILES string of the molecule is Cc1ccc(S(=O)(=O)CC2CSCC2CBr)cc1. The summed E-state index contributed by atoms with van der Waals surface area (Å²) in [7, 11) is -3.14. The Hall–Kier alpha value is -0.000000000000000111. The summed E-state index contributed by atoms with van der Waals surface area (Å²) in [6, 6.07) is 7.16. The molecule has 2 nitrogen and oxygen atoms in total. The molecular formula is C13H17BrO2S2. The second-order valence-electron chi connectivity index (χ2n) is 4.81. The van der Waals surface area contributed by atoms with E-state index in [2.05, 4.69) is 15.9 Å². The van der Waals surface area contributed by atoms with Crippen molar-refractivity contribution in [3.8, 4) is 0 Å².